The summed E-state index contributed by atoms with van der Waals surface area (Å²) in [5.74, 6) is 0.794. The van der Waals surface area contributed by atoms with Gasteiger partial charge < -0.3 is 5.32 Å². The number of aryl methyl sites for hydroxylation is 2. The van der Waals surface area contributed by atoms with Crippen molar-refractivity contribution in [3.8, 4) is 0 Å². The molecule has 0 radical (unpaired) electrons. The number of anilines is 1. The molecule has 0 spiro atoms. The molecule has 1 aliphatic rings. The largest absolute Gasteiger partial charge is 0.351 e. The van der Waals surface area contributed by atoms with Crippen molar-refractivity contribution >= 4 is 5.95 Å². The van der Waals surface area contributed by atoms with Gasteiger partial charge in [0.25, 0.3) is 0 Å². The van der Waals surface area contributed by atoms with Crippen LogP contribution < -0.4 is 5.32 Å². The molecular formula is C14H23N3. The fourth-order valence-corrected chi connectivity index (χ4v) is 2.71. The quantitative estimate of drug-likeness (QED) is 0.850. The zero-order valence-electron chi connectivity index (χ0n) is 11.4. The molecule has 2 rings (SSSR count). The van der Waals surface area contributed by atoms with Gasteiger partial charge >= 0.3 is 0 Å². The fourth-order valence-electron chi connectivity index (χ4n) is 2.71. The molecule has 0 aliphatic heterocycles. The maximum Gasteiger partial charge on any atom is 0.223 e. The first-order valence-electron chi connectivity index (χ1n) is 6.56. The number of hydrogen-bond donors (Lipinski definition) is 1. The second-order valence-electron chi connectivity index (χ2n) is 5.91. The molecule has 1 aliphatic carbocycles. The molecule has 1 aromatic rings. The summed E-state index contributed by atoms with van der Waals surface area (Å²) in [6.45, 7) is 8.72. The second-order valence-corrected chi connectivity index (χ2v) is 5.91. The second kappa shape index (κ2) is 4.63. The summed E-state index contributed by atoms with van der Waals surface area (Å²) in [5, 5.41) is 3.53. The van der Waals surface area contributed by atoms with Crippen molar-refractivity contribution in [2.24, 2.45) is 5.41 Å². The zero-order chi connectivity index (χ0) is 12.5. The Morgan fingerprint density at radius 2 is 1.82 bits per heavy atom. The molecule has 1 saturated carbocycles. The van der Waals surface area contributed by atoms with E-state index in [-0.39, 0.29) is 0 Å². The number of nitrogens with zero attached hydrogens (tertiary/aromatic N) is 2. The summed E-state index contributed by atoms with van der Waals surface area (Å²) in [6, 6.07) is 2.51. The predicted octanol–water partition coefficient (Wildman–Crippen LogP) is 3.47. The van der Waals surface area contributed by atoms with Gasteiger partial charge in [0.05, 0.1) is 0 Å². The van der Waals surface area contributed by atoms with E-state index in [1.165, 1.54) is 25.7 Å². The molecule has 0 aromatic carbocycles. The minimum Gasteiger partial charge on any atom is -0.351 e. The van der Waals surface area contributed by atoms with Crippen molar-refractivity contribution in [3.63, 3.8) is 0 Å². The van der Waals surface area contributed by atoms with E-state index in [0.717, 1.165) is 17.3 Å². The Hall–Kier alpha value is -1.12. The Labute approximate surface area is 104 Å². The van der Waals surface area contributed by atoms with Gasteiger partial charge in [0, 0.05) is 17.4 Å². The van der Waals surface area contributed by atoms with Gasteiger partial charge in [0.2, 0.25) is 5.95 Å². The lowest BCUT2D eigenvalue weighted by Crippen LogP contribution is -2.39. The van der Waals surface area contributed by atoms with E-state index in [4.69, 9.17) is 0 Å². The average molecular weight is 233 g/mol. The van der Waals surface area contributed by atoms with Crippen molar-refractivity contribution in [1.29, 1.82) is 0 Å². The molecule has 1 fully saturated rings. The van der Waals surface area contributed by atoms with Crippen LogP contribution in [0.25, 0.3) is 0 Å². The van der Waals surface area contributed by atoms with Crippen LogP contribution in [0.2, 0.25) is 0 Å². The first-order valence-corrected chi connectivity index (χ1v) is 6.56. The van der Waals surface area contributed by atoms with E-state index in [2.05, 4.69) is 29.1 Å². The molecule has 94 valence electrons. The summed E-state index contributed by atoms with van der Waals surface area (Å²) in [7, 11) is 0. The fraction of sp³-hybridized carbons (Fsp3) is 0.714. The summed E-state index contributed by atoms with van der Waals surface area (Å²) in [4.78, 5) is 8.94. The van der Waals surface area contributed by atoms with Gasteiger partial charge in [-0.05, 0) is 38.2 Å². The van der Waals surface area contributed by atoms with Gasteiger partial charge in [-0.15, -0.1) is 0 Å². The van der Waals surface area contributed by atoms with Crippen LogP contribution in [0.3, 0.4) is 0 Å². The van der Waals surface area contributed by atoms with Gasteiger partial charge in [0.15, 0.2) is 0 Å². The number of aromatic nitrogens is 2. The van der Waals surface area contributed by atoms with Crippen LogP contribution in [-0.2, 0) is 0 Å². The summed E-state index contributed by atoms with van der Waals surface area (Å²) in [5.41, 5.74) is 2.42. The molecule has 1 aromatic heterocycles. The smallest absolute Gasteiger partial charge is 0.223 e. The lowest BCUT2D eigenvalue weighted by molar-refractivity contribution is 0.216. The Morgan fingerprint density at radius 1 is 1.18 bits per heavy atom. The molecule has 17 heavy (non-hydrogen) atoms. The molecule has 1 heterocycles. The van der Waals surface area contributed by atoms with Gasteiger partial charge in [-0.25, -0.2) is 9.97 Å². The molecule has 0 saturated heterocycles. The van der Waals surface area contributed by atoms with E-state index < -0.39 is 0 Å². The molecule has 1 atom stereocenters. The van der Waals surface area contributed by atoms with Crippen LogP contribution in [0.5, 0.6) is 0 Å². The number of hydrogen-bond acceptors (Lipinski definition) is 3. The highest BCUT2D eigenvalue weighted by molar-refractivity contribution is 5.30. The Balaban J connectivity index is 2.14. The van der Waals surface area contributed by atoms with Gasteiger partial charge in [-0.1, -0.05) is 26.7 Å². The van der Waals surface area contributed by atoms with Crippen molar-refractivity contribution < 1.29 is 0 Å². The predicted molar refractivity (Wildman–Crippen MR) is 71.2 cm³/mol. The van der Waals surface area contributed by atoms with Crippen LogP contribution in [0, 0.1) is 19.3 Å². The monoisotopic (exact) mass is 233 g/mol. The highest BCUT2D eigenvalue weighted by Gasteiger charge is 2.32. The van der Waals surface area contributed by atoms with E-state index in [1.807, 2.05) is 19.9 Å². The maximum absolute atomic E-state index is 4.47. The molecule has 0 amide bonds. The van der Waals surface area contributed by atoms with Gasteiger partial charge in [0.1, 0.15) is 0 Å². The summed E-state index contributed by atoms with van der Waals surface area (Å²) < 4.78 is 0. The van der Waals surface area contributed by atoms with Gasteiger partial charge in [-0.3, -0.25) is 0 Å². The van der Waals surface area contributed by atoms with Crippen LogP contribution in [0.15, 0.2) is 6.07 Å². The third-order valence-electron chi connectivity index (χ3n) is 3.79. The van der Waals surface area contributed by atoms with Gasteiger partial charge in [-0.2, -0.15) is 0 Å². The molecule has 3 heteroatoms. The summed E-state index contributed by atoms with van der Waals surface area (Å²) >= 11 is 0. The molecule has 3 nitrogen and oxygen atoms in total. The van der Waals surface area contributed by atoms with E-state index in [0.29, 0.717) is 11.5 Å². The third-order valence-corrected chi connectivity index (χ3v) is 3.79. The average Bonchev–Trinajstić information content (AvgIpc) is 2.19. The standard InChI is InChI=1S/C14H23N3/c1-10-9-11(2)16-13(15-10)17-12-7-5-6-8-14(12,3)4/h9,12H,5-8H2,1-4H3,(H,15,16,17). The van der Waals surface area contributed by atoms with Crippen molar-refractivity contribution in [2.45, 2.75) is 59.4 Å². The number of rotatable bonds is 2. The first-order chi connectivity index (χ1) is 7.97. The number of nitrogens with one attached hydrogen (secondary N) is 1. The van der Waals surface area contributed by atoms with Crippen molar-refractivity contribution in [3.05, 3.63) is 17.5 Å². The topological polar surface area (TPSA) is 37.8 Å². The Morgan fingerprint density at radius 3 is 2.41 bits per heavy atom. The van der Waals surface area contributed by atoms with Crippen LogP contribution in [-0.4, -0.2) is 16.0 Å². The van der Waals surface area contributed by atoms with Crippen molar-refractivity contribution in [1.82, 2.24) is 9.97 Å². The van der Waals surface area contributed by atoms with Crippen molar-refractivity contribution in [2.75, 3.05) is 5.32 Å². The SMILES string of the molecule is Cc1cc(C)nc(NC2CCCCC2(C)C)n1. The molecular weight excluding hydrogens is 210 g/mol. The summed E-state index contributed by atoms with van der Waals surface area (Å²) in [6.07, 6.45) is 5.17. The molecule has 1 N–H and O–H groups in total. The normalized spacial score (nSPS) is 23.4. The van der Waals surface area contributed by atoms with Crippen LogP contribution in [0.4, 0.5) is 5.95 Å². The van der Waals surface area contributed by atoms with Crippen LogP contribution in [0.1, 0.15) is 50.9 Å². The van der Waals surface area contributed by atoms with Crippen LogP contribution >= 0.6 is 0 Å². The maximum atomic E-state index is 4.47. The first kappa shape index (κ1) is 12.3. The van der Waals surface area contributed by atoms with E-state index in [9.17, 15) is 0 Å². The lowest BCUT2D eigenvalue weighted by Gasteiger charge is -2.39. The molecule has 0 bridgehead atoms. The molecule has 1 unspecified atom stereocenters. The van der Waals surface area contributed by atoms with E-state index in [1.54, 1.807) is 0 Å². The minimum atomic E-state index is 0.346. The lowest BCUT2D eigenvalue weighted by atomic mass is 9.73. The Bertz CT molecular complexity index is 378. The van der Waals surface area contributed by atoms with E-state index >= 15 is 0 Å². The minimum absolute atomic E-state index is 0.346. The zero-order valence-corrected chi connectivity index (χ0v) is 11.4. The Kier molecular flexibility index (Phi) is 3.36. The third kappa shape index (κ3) is 2.96. The highest BCUT2D eigenvalue weighted by atomic mass is 15.1. The highest BCUT2D eigenvalue weighted by Crippen LogP contribution is 2.36.